The van der Waals surface area contributed by atoms with Gasteiger partial charge in [-0.2, -0.15) is 0 Å². The molecule has 2 rings (SSSR count). The number of nitro benzene ring substituents is 1. The van der Waals surface area contributed by atoms with E-state index in [4.69, 9.17) is 12.2 Å². The average molecular weight is 361 g/mol. The second-order valence-electron chi connectivity index (χ2n) is 4.83. The number of nitrogens with one attached hydrogen (secondary N) is 1. The van der Waals surface area contributed by atoms with Crippen LogP contribution >= 0.6 is 24.0 Å². The van der Waals surface area contributed by atoms with Crippen molar-refractivity contribution in [3.05, 3.63) is 70.0 Å². The fraction of sp³-hybridized carbons (Fsp3) is 0.188. The van der Waals surface area contributed by atoms with Crippen LogP contribution in [0.4, 0.5) is 5.69 Å². The molecular weight excluding hydrogens is 346 g/mol. The lowest BCUT2D eigenvalue weighted by atomic mass is 10.1. The van der Waals surface area contributed by atoms with Crippen LogP contribution in [0.5, 0.6) is 0 Å². The molecule has 1 aromatic carbocycles. The fourth-order valence-electron chi connectivity index (χ4n) is 1.88. The first-order valence-corrected chi connectivity index (χ1v) is 8.53. The molecule has 0 fully saturated rings. The normalized spacial score (nSPS) is 10.2. The number of ketones is 1. The standard InChI is InChI=1S/C16H15N3O3S2/c20-15(13-3-5-14(6-4-13)19(21)22)7-9-24-16(23)18-11-12-2-1-8-17-10-12/h1-6,8,10H,7,9,11H2,(H,18,23). The van der Waals surface area contributed by atoms with E-state index >= 15 is 0 Å². The van der Waals surface area contributed by atoms with Gasteiger partial charge in [0.05, 0.1) is 4.92 Å². The predicted octanol–water partition coefficient (Wildman–Crippen LogP) is 3.37. The first kappa shape index (κ1) is 18.0. The Labute approximate surface area is 148 Å². The summed E-state index contributed by atoms with van der Waals surface area (Å²) in [4.78, 5) is 26.1. The van der Waals surface area contributed by atoms with Crippen molar-refractivity contribution >= 4 is 39.8 Å². The highest BCUT2D eigenvalue weighted by Gasteiger charge is 2.10. The van der Waals surface area contributed by atoms with E-state index in [0.29, 0.717) is 28.6 Å². The minimum atomic E-state index is -0.490. The number of carbonyl (C=O) groups is 1. The third-order valence-electron chi connectivity index (χ3n) is 3.12. The Kier molecular flexibility index (Phi) is 6.83. The highest BCUT2D eigenvalue weighted by molar-refractivity contribution is 8.22. The minimum absolute atomic E-state index is 0.0262. The van der Waals surface area contributed by atoms with Gasteiger partial charge in [-0.25, -0.2) is 0 Å². The van der Waals surface area contributed by atoms with Gasteiger partial charge in [0.15, 0.2) is 5.78 Å². The van der Waals surface area contributed by atoms with Gasteiger partial charge in [-0.15, -0.1) is 0 Å². The molecule has 1 aromatic heterocycles. The Morgan fingerprint density at radius 2 is 2.04 bits per heavy atom. The summed E-state index contributed by atoms with van der Waals surface area (Å²) in [6.45, 7) is 0.593. The number of carbonyl (C=O) groups excluding carboxylic acids is 1. The van der Waals surface area contributed by atoms with Gasteiger partial charge in [0, 0.05) is 48.8 Å². The molecule has 6 nitrogen and oxygen atoms in total. The van der Waals surface area contributed by atoms with Crippen molar-refractivity contribution in [3.63, 3.8) is 0 Å². The van der Waals surface area contributed by atoms with E-state index in [1.165, 1.54) is 36.0 Å². The van der Waals surface area contributed by atoms with Gasteiger partial charge in [-0.1, -0.05) is 30.0 Å². The van der Waals surface area contributed by atoms with Crippen molar-refractivity contribution < 1.29 is 9.72 Å². The zero-order valence-electron chi connectivity index (χ0n) is 12.7. The summed E-state index contributed by atoms with van der Waals surface area (Å²) in [7, 11) is 0. The predicted molar refractivity (Wildman–Crippen MR) is 98.2 cm³/mol. The van der Waals surface area contributed by atoms with Crippen LogP contribution in [-0.4, -0.2) is 25.8 Å². The lowest BCUT2D eigenvalue weighted by Gasteiger charge is -2.07. The molecule has 1 N–H and O–H groups in total. The number of aromatic nitrogens is 1. The number of benzene rings is 1. The molecule has 0 saturated heterocycles. The Morgan fingerprint density at radius 3 is 2.67 bits per heavy atom. The van der Waals surface area contributed by atoms with Gasteiger partial charge >= 0.3 is 0 Å². The number of non-ortho nitro benzene ring substituents is 1. The van der Waals surface area contributed by atoms with Gasteiger partial charge in [-0.05, 0) is 23.8 Å². The van der Waals surface area contributed by atoms with Crippen molar-refractivity contribution in [2.24, 2.45) is 0 Å². The van der Waals surface area contributed by atoms with Crippen LogP contribution in [0.25, 0.3) is 0 Å². The fourth-order valence-corrected chi connectivity index (χ4v) is 2.85. The average Bonchev–Trinajstić information content (AvgIpc) is 2.61. The van der Waals surface area contributed by atoms with Gasteiger partial charge in [0.1, 0.15) is 4.32 Å². The smallest absolute Gasteiger partial charge is 0.269 e. The van der Waals surface area contributed by atoms with E-state index < -0.39 is 4.92 Å². The topological polar surface area (TPSA) is 85.1 Å². The summed E-state index contributed by atoms with van der Waals surface area (Å²) in [6, 6.07) is 9.43. The molecule has 0 saturated carbocycles. The zero-order valence-corrected chi connectivity index (χ0v) is 14.3. The molecule has 0 amide bonds. The SMILES string of the molecule is O=C(CCSC(=S)NCc1cccnc1)c1ccc([N+](=O)[O-])cc1. The Morgan fingerprint density at radius 1 is 1.29 bits per heavy atom. The van der Waals surface area contributed by atoms with Crippen molar-refractivity contribution in [2.45, 2.75) is 13.0 Å². The van der Waals surface area contributed by atoms with Crippen molar-refractivity contribution in [2.75, 3.05) is 5.75 Å². The van der Waals surface area contributed by atoms with E-state index in [2.05, 4.69) is 10.3 Å². The highest BCUT2D eigenvalue weighted by atomic mass is 32.2. The van der Waals surface area contributed by atoms with Crippen LogP contribution in [0.2, 0.25) is 0 Å². The van der Waals surface area contributed by atoms with E-state index in [-0.39, 0.29) is 11.5 Å². The lowest BCUT2D eigenvalue weighted by molar-refractivity contribution is -0.384. The molecule has 0 radical (unpaired) electrons. The van der Waals surface area contributed by atoms with Gasteiger partial charge in [0.2, 0.25) is 0 Å². The number of nitrogens with zero attached hydrogens (tertiary/aromatic N) is 2. The number of hydrogen-bond acceptors (Lipinski definition) is 6. The first-order valence-electron chi connectivity index (χ1n) is 7.13. The molecular formula is C16H15N3O3S2. The molecule has 0 atom stereocenters. The zero-order chi connectivity index (χ0) is 17.4. The maximum Gasteiger partial charge on any atom is 0.269 e. The van der Waals surface area contributed by atoms with Crippen LogP contribution < -0.4 is 5.32 Å². The number of Topliss-reactive ketones (excluding diaryl/α,β-unsaturated/α-hetero) is 1. The van der Waals surface area contributed by atoms with Crippen molar-refractivity contribution in [1.82, 2.24) is 10.3 Å². The molecule has 1 heterocycles. The number of pyridine rings is 1. The molecule has 0 aliphatic heterocycles. The quantitative estimate of drug-likeness (QED) is 0.350. The largest absolute Gasteiger partial charge is 0.367 e. The van der Waals surface area contributed by atoms with Crippen LogP contribution in [0.15, 0.2) is 48.8 Å². The summed E-state index contributed by atoms with van der Waals surface area (Å²) in [5, 5.41) is 13.7. The second kappa shape index (κ2) is 9.09. The van der Waals surface area contributed by atoms with E-state index in [9.17, 15) is 14.9 Å². The summed E-state index contributed by atoms with van der Waals surface area (Å²) in [5.74, 6) is 0.488. The summed E-state index contributed by atoms with van der Waals surface area (Å²) in [5.41, 5.74) is 1.47. The van der Waals surface area contributed by atoms with Gasteiger partial charge in [0.25, 0.3) is 5.69 Å². The Bertz CT molecular complexity index is 721. The lowest BCUT2D eigenvalue weighted by Crippen LogP contribution is -2.18. The van der Waals surface area contributed by atoms with Gasteiger partial charge < -0.3 is 5.32 Å². The van der Waals surface area contributed by atoms with Crippen molar-refractivity contribution in [1.29, 1.82) is 0 Å². The molecule has 0 spiro atoms. The molecule has 0 bridgehead atoms. The molecule has 0 aliphatic rings. The number of nitro groups is 1. The number of hydrogen-bond donors (Lipinski definition) is 1. The van der Waals surface area contributed by atoms with Crippen molar-refractivity contribution in [3.8, 4) is 0 Å². The Hall–Kier alpha value is -2.32. The minimum Gasteiger partial charge on any atom is -0.367 e. The number of thiocarbonyl (C=S) groups is 1. The number of rotatable bonds is 7. The molecule has 2 aromatic rings. The monoisotopic (exact) mass is 361 g/mol. The van der Waals surface area contributed by atoms with E-state index in [1.54, 1.807) is 12.4 Å². The maximum atomic E-state index is 12.0. The molecule has 0 aliphatic carbocycles. The number of thioether (sulfide) groups is 1. The van der Waals surface area contributed by atoms with Gasteiger partial charge in [-0.3, -0.25) is 19.9 Å². The molecule has 8 heteroatoms. The van der Waals surface area contributed by atoms with Crippen LogP contribution in [0.1, 0.15) is 22.3 Å². The summed E-state index contributed by atoms with van der Waals surface area (Å²) >= 11 is 6.61. The van der Waals surface area contributed by atoms with Crippen LogP contribution in [-0.2, 0) is 6.54 Å². The van der Waals surface area contributed by atoms with Crippen LogP contribution in [0, 0.1) is 10.1 Å². The highest BCUT2D eigenvalue weighted by Crippen LogP contribution is 2.14. The maximum absolute atomic E-state index is 12.0. The molecule has 0 unspecified atom stereocenters. The first-order chi connectivity index (χ1) is 11.6. The summed E-state index contributed by atoms with van der Waals surface area (Å²) in [6.07, 6.45) is 3.79. The molecule has 24 heavy (non-hydrogen) atoms. The Balaban J connectivity index is 1.72. The second-order valence-corrected chi connectivity index (χ2v) is 6.60. The van der Waals surface area contributed by atoms with E-state index in [1.807, 2.05) is 12.1 Å². The third kappa shape index (κ3) is 5.71. The van der Waals surface area contributed by atoms with E-state index in [0.717, 1.165) is 5.56 Å². The molecule has 124 valence electrons. The third-order valence-corrected chi connectivity index (χ3v) is 4.43. The summed E-state index contributed by atoms with van der Waals surface area (Å²) < 4.78 is 0.621. The van der Waals surface area contributed by atoms with Crippen LogP contribution in [0.3, 0.4) is 0 Å².